The molecule has 0 saturated heterocycles. The largest absolute Gasteiger partial charge is 0.347 e. The Morgan fingerprint density at radius 1 is 1.27 bits per heavy atom. The molecule has 1 N–H and O–H groups in total. The molecule has 1 aromatic heterocycles. The maximum Gasteiger partial charge on any atom is 0.297 e. The summed E-state index contributed by atoms with van der Waals surface area (Å²) in [5.74, 6) is 0.326. The van der Waals surface area contributed by atoms with Crippen molar-refractivity contribution in [2.24, 2.45) is 5.92 Å². The molecule has 3 rings (SSSR count). The van der Waals surface area contributed by atoms with Crippen LogP contribution in [0.1, 0.15) is 42.2 Å². The highest BCUT2D eigenvalue weighted by Crippen LogP contribution is 2.39. The number of alkyl halides is 2. The van der Waals surface area contributed by atoms with Crippen molar-refractivity contribution >= 4 is 21.9 Å². The van der Waals surface area contributed by atoms with Crippen molar-refractivity contribution in [3.63, 3.8) is 0 Å². The summed E-state index contributed by atoms with van der Waals surface area (Å²) in [7, 11) is 0. The lowest BCUT2D eigenvalue weighted by Crippen LogP contribution is -2.17. The van der Waals surface area contributed by atoms with Crippen LogP contribution in [0.25, 0.3) is 0 Å². The fraction of sp³-hybridized carbons (Fsp3) is 0.400. The van der Waals surface area contributed by atoms with Crippen molar-refractivity contribution < 1.29 is 8.78 Å². The van der Waals surface area contributed by atoms with E-state index in [4.69, 9.17) is 0 Å². The zero-order valence-electron chi connectivity index (χ0n) is 12.1. The van der Waals surface area contributed by atoms with Crippen molar-refractivity contribution in [1.29, 1.82) is 0 Å². The third kappa shape index (κ3) is 2.95. The van der Waals surface area contributed by atoms with E-state index in [1.165, 1.54) is 5.56 Å². The van der Waals surface area contributed by atoms with Crippen LogP contribution in [0.3, 0.4) is 0 Å². The van der Waals surface area contributed by atoms with Crippen molar-refractivity contribution in [2.75, 3.05) is 5.32 Å². The first-order chi connectivity index (χ1) is 10.4. The fourth-order valence-electron chi connectivity index (χ4n) is 2.84. The number of benzene rings is 1. The van der Waals surface area contributed by atoms with E-state index in [1.807, 2.05) is 6.07 Å². The van der Waals surface area contributed by atoms with Crippen molar-refractivity contribution in [3.05, 3.63) is 45.4 Å². The number of rotatable bonds is 3. The van der Waals surface area contributed by atoms with Gasteiger partial charge in [-0.1, -0.05) is 28.9 Å². The molecule has 1 aliphatic rings. The first kappa shape index (κ1) is 15.3. The number of aryl methyl sites for hydroxylation is 1. The van der Waals surface area contributed by atoms with Crippen LogP contribution >= 0.6 is 15.9 Å². The highest BCUT2D eigenvalue weighted by Gasteiger charge is 2.30. The Bertz CT molecular complexity index is 708. The van der Waals surface area contributed by atoms with Gasteiger partial charge in [0, 0.05) is 4.47 Å². The molecule has 1 aliphatic carbocycles. The minimum atomic E-state index is -2.70. The van der Waals surface area contributed by atoms with E-state index in [2.05, 4.69) is 55.3 Å². The normalized spacial score (nSPS) is 20.3. The first-order valence-electron chi connectivity index (χ1n) is 6.99. The number of aromatic nitrogens is 3. The van der Waals surface area contributed by atoms with E-state index in [0.29, 0.717) is 5.92 Å². The molecule has 2 atom stereocenters. The molecular formula is C15H15BrF2N4. The van der Waals surface area contributed by atoms with Gasteiger partial charge in [-0.25, -0.2) is 13.8 Å². The minimum Gasteiger partial charge on any atom is -0.347 e. The molecule has 0 bridgehead atoms. The van der Waals surface area contributed by atoms with Gasteiger partial charge in [-0.3, -0.25) is 0 Å². The van der Waals surface area contributed by atoms with Gasteiger partial charge >= 0.3 is 0 Å². The molecule has 0 radical (unpaired) electrons. The topological polar surface area (TPSA) is 50.7 Å². The zero-order chi connectivity index (χ0) is 15.9. The average Bonchev–Trinajstić information content (AvgIpc) is 2.74. The van der Waals surface area contributed by atoms with Crippen LogP contribution in [0.2, 0.25) is 0 Å². The summed E-state index contributed by atoms with van der Waals surface area (Å²) in [6.45, 7) is 3.70. The summed E-state index contributed by atoms with van der Waals surface area (Å²) >= 11 is 3.47. The molecule has 22 heavy (non-hydrogen) atoms. The lowest BCUT2D eigenvalue weighted by atomic mass is 10.0. The Balaban J connectivity index is 1.92. The molecule has 0 unspecified atom stereocenters. The number of nitrogens with zero attached hydrogens (tertiary/aromatic N) is 3. The Morgan fingerprint density at radius 3 is 2.77 bits per heavy atom. The first-order valence-corrected chi connectivity index (χ1v) is 7.79. The van der Waals surface area contributed by atoms with Gasteiger partial charge in [-0.15, -0.1) is 0 Å². The Kier molecular flexibility index (Phi) is 4.08. The molecule has 0 aliphatic heterocycles. The Hall–Kier alpha value is -1.63. The van der Waals surface area contributed by atoms with Gasteiger partial charge in [0.25, 0.3) is 6.43 Å². The van der Waals surface area contributed by atoms with Crippen LogP contribution in [0.5, 0.6) is 0 Å². The number of nitrogens with one attached hydrogen (secondary N) is 1. The van der Waals surface area contributed by atoms with Gasteiger partial charge in [0.15, 0.2) is 0 Å². The van der Waals surface area contributed by atoms with Gasteiger partial charge in [-0.05, 0) is 42.5 Å². The molecule has 2 aromatic rings. The summed E-state index contributed by atoms with van der Waals surface area (Å²) in [5.41, 5.74) is 2.41. The summed E-state index contributed by atoms with van der Waals surface area (Å²) in [6, 6.07) is 6.15. The molecule has 1 aromatic carbocycles. The molecule has 0 fully saturated rings. The molecule has 1 heterocycles. The third-order valence-electron chi connectivity index (χ3n) is 3.80. The number of hydrogen-bond acceptors (Lipinski definition) is 4. The standard InChI is InChI=1S/C15H15BrF2N4/c1-7-5-9-3-4-10(16)6-11(9)12(7)21-15-20-8(2)19-14(22-15)13(17)18/h3-4,6-7,12-13H,5H2,1-2H3,(H,19,20,21,22)/t7-,12+/m1/s1. The van der Waals surface area contributed by atoms with Gasteiger partial charge in [0.2, 0.25) is 11.8 Å². The Labute approximate surface area is 135 Å². The lowest BCUT2D eigenvalue weighted by Gasteiger charge is -2.19. The smallest absolute Gasteiger partial charge is 0.297 e. The lowest BCUT2D eigenvalue weighted by molar-refractivity contribution is 0.140. The maximum absolute atomic E-state index is 12.8. The van der Waals surface area contributed by atoms with E-state index in [-0.39, 0.29) is 17.8 Å². The number of fused-ring (bicyclic) bond motifs is 1. The van der Waals surface area contributed by atoms with E-state index < -0.39 is 12.2 Å². The summed E-state index contributed by atoms with van der Waals surface area (Å²) in [5, 5.41) is 3.19. The second-order valence-corrected chi connectivity index (χ2v) is 6.43. The predicted octanol–water partition coefficient (Wildman–Crippen LogP) is 4.23. The quantitative estimate of drug-likeness (QED) is 0.880. The van der Waals surface area contributed by atoms with Crippen LogP contribution in [-0.4, -0.2) is 15.0 Å². The van der Waals surface area contributed by atoms with Crippen molar-refractivity contribution in [3.8, 4) is 0 Å². The number of halogens is 3. The summed E-state index contributed by atoms with van der Waals surface area (Å²) in [6.07, 6.45) is -1.77. The number of anilines is 1. The van der Waals surface area contributed by atoms with Crippen LogP contribution < -0.4 is 5.32 Å². The maximum atomic E-state index is 12.8. The van der Waals surface area contributed by atoms with E-state index in [0.717, 1.165) is 16.5 Å². The monoisotopic (exact) mass is 368 g/mol. The summed E-state index contributed by atoms with van der Waals surface area (Å²) < 4.78 is 26.6. The number of hydrogen-bond donors (Lipinski definition) is 1. The molecule has 0 spiro atoms. The molecule has 0 saturated carbocycles. The second kappa shape index (κ2) is 5.87. The fourth-order valence-corrected chi connectivity index (χ4v) is 3.22. The minimum absolute atomic E-state index is 0.000164. The highest BCUT2D eigenvalue weighted by atomic mass is 79.9. The molecule has 4 nitrogen and oxygen atoms in total. The van der Waals surface area contributed by atoms with E-state index in [9.17, 15) is 8.78 Å². The van der Waals surface area contributed by atoms with Gasteiger partial charge in [-0.2, -0.15) is 9.97 Å². The second-order valence-electron chi connectivity index (χ2n) is 5.51. The Morgan fingerprint density at radius 2 is 2.05 bits per heavy atom. The summed E-state index contributed by atoms with van der Waals surface area (Å²) in [4.78, 5) is 11.6. The van der Waals surface area contributed by atoms with E-state index in [1.54, 1.807) is 6.92 Å². The molecule has 116 valence electrons. The van der Waals surface area contributed by atoms with Gasteiger partial charge in [0.05, 0.1) is 6.04 Å². The van der Waals surface area contributed by atoms with Crippen LogP contribution in [0, 0.1) is 12.8 Å². The molecular weight excluding hydrogens is 354 g/mol. The predicted molar refractivity (Wildman–Crippen MR) is 82.9 cm³/mol. The molecule has 7 heteroatoms. The van der Waals surface area contributed by atoms with Crippen LogP contribution in [0.15, 0.2) is 22.7 Å². The van der Waals surface area contributed by atoms with Crippen LogP contribution in [-0.2, 0) is 6.42 Å². The van der Waals surface area contributed by atoms with Crippen LogP contribution in [0.4, 0.5) is 14.7 Å². The average molecular weight is 369 g/mol. The van der Waals surface area contributed by atoms with Gasteiger partial charge < -0.3 is 5.32 Å². The van der Waals surface area contributed by atoms with E-state index >= 15 is 0 Å². The van der Waals surface area contributed by atoms with Crippen molar-refractivity contribution in [1.82, 2.24) is 15.0 Å². The third-order valence-corrected chi connectivity index (χ3v) is 4.29. The van der Waals surface area contributed by atoms with Gasteiger partial charge in [0.1, 0.15) is 5.82 Å². The SMILES string of the molecule is Cc1nc(N[C@@H]2c3cc(Br)ccc3C[C@H]2C)nc(C(F)F)n1. The zero-order valence-corrected chi connectivity index (χ0v) is 13.7. The highest BCUT2D eigenvalue weighted by molar-refractivity contribution is 9.10. The molecule has 0 amide bonds. The van der Waals surface area contributed by atoms with Crippen molar-refractivity contribution in [2.45, 2.75) is 32.7 Å².